The van der Waals surface area contributed by atoms with Crippen molar-refractivity contribution in [3.8, 4) is 11.1 Å². The zero-order valence-corrected chi connectivity index (χ0v) is 51.7. The molecule has 9 aromatic carbocycles. The number of hydrogen-bond acceptors (Lipinski definition) is 5. The molecule has 12 aromatic rings. The number of anilines is 6. The van der Waals surface area contributed by atoms with E-state index in [1.54, 1.807) is 0 Å². The summed E-state index contributed by atoms with van der Waals surface area (Å²) in [6.07, 6.45) is 6.45. The number of aromatic nitrogens is 1. The molecule has 0 fully saturated rings. The summed E-state index contributed by atoms with van der Waals surface area (Å²) in [4.78, 5) is 10.2. The van der Waals surface area contributed by atoms with Gasteiger partial charge in [-0.15, -0.1) is 0 Å². The average Bonchev–Trinajstić information content (AvgIpc) is 1.52. The van der Waals surface area contributed by atoms with Crippen LogP contribution in [0.15, 0.2) is 215 Å². The highest BCUT2D eigenvalue weighted by Gasteiger charge is 2.55. The number of rotatable bonds is 7. The lowest BCUT2D eigenvalue weighted by atomic mass is 9.69. The van der Waals surface area contributed by atoms with Crippen molar-refractivity contribution >= 4 is 94.5 Å². The van der Waals surface area contributed by atoms with E-state index in [0.29, 0.717) is 0 Å². The van der Waals surface area contributed by atoms with Crippen LogP contribution in [0.25, 0.3) is 71.5 Å². The molecule has 0 N–H and O–H groups in total. The van der Waals surface area contributed by atoms with Crippen LogP contribution < -0.4 is 9.80 Å². The molecule has 0 atom stereocenters. The van der Waals surface area contributed by atoms with E-state index in [-0.39, 0.29) is 21.7 Å². The van der Waals surface area contributed by atoms with Crippen LogP contribution in [-0.4, -0.2) is 4.98 Å². The number of para-hydroxylation sites is 2. The van der Waals surface area contributed by atoms with E-state index in [9.17, 15) is 0 Å². The monoisotopic (exact) mass is 1110 g/mol. The van der Waals surface area contributed by atoms with Crippen LogP contribution in [0.3, 0.4) is 0 Å². The first kappa shape index (κ1) is 54.0. The maximum atomic E-state index is 7.61. The fourth-order valence-corrected chi connectivity index (χ4v) is 14.0. The lowest BCUT2D eigenvalue weighted by molar-refractivity contribution is 0.590. The number of benzene rings is 9. The van der Waals surface area contributed by atoms with Gasteiger partial charge in [0.15, 0.2) is 0 Å². The first-order chi connectivity index (χ1) is 40.6. The first-order valence-electron chi connectivity index (χ1n) is 30.3. The Morgan fingerprint density at radius 1 is 0.424 bits per heavy atom. The second-order valence-corrected chi connectivity index (χ2v) is 28.0. The Bertz CT molecular complexity index is 4370. The minimum Gasteiger partial charge on any atom is -0.455 e. The van der Waals surface area contributed by atoms with Crippen molar-refractivity contribution < 1.29 is 8.83 Å². The van der Waals surface area contributed by atoms with Gasteiger partial charge in [0.05, 0.1) is 33.1 Å². The summed E-state index contributed by atoms with van der Waals surface area (Å²) in [5.74, 6) is 0. The molecule has 2 aliphatic carbocycles. The van der Waals surface area contributed by atoms with Crippen molar-refractivity contribution in [2.45, 2.75) is 124 Å². The summed E-state index contributed by atoms with van der Waals surface area (Å²) in [6.45, 7) is 31.9. The van der Waals surface area contributed by atoms with Crippen molar-refractivity contribution in [1.82, 2.24) is 4.98 Å². The van der Waals surface area contributed by atoms with Crippen LogP contribution in [0.2, 0.25) is 0 Å². The van der Waals surface area contributed by atoms with Crippen molar-refractivity contribution in [2.75, 3.05) is 9.80 Å². The summed E-state index contributed by atoms with van der Waals surface area (Å²) in [5, 5.41) is 5.27. The van der Waals surface area contributed by atoms with Crippen molar-refractivity contribution in [1.29, 1.82) is 0 Å². The molecule has 0 unspecified atom stereocenters. The third-order valence-corrected chi connectivity index (χ3v) is 18.5. The fraction of sp³-hybridized carbons (Fsp3) is 0.237. The Kier molecular flexibility index (Phi) is 12.1. The van der Waals surface area contributed by atoms with Crippen LogP contribution in [0, 0.1) is 0 Å². The van der Waals surface area contributed by atoms with E-state index in [1.165, 1.54) is 33.4 Å². The van der Waals surface area contributed by atoms with Gasteiger partial charge in [0.2, 0.25) is 0 Å². The third kappa shape index (κ3) is 8.28. The summed E-state index contributed by atoms with van der Waals surface area (Å²) in [6, 6.07) is 68.1. The molecule has 0 radical (unpaired) electrons. The Morgan fingerprint density at radius 2 is 0.812 bits per heavy atom. The molecule has 14 rings (SSSR count). The molecule has 0 bridgehead atoms. The van der Waals surface area contributed by atoms with E-state index < -0.39 is 5.41 Å². The first-order valence-corrected chi connectivity index (χ1v) is 30.3. The minimum atomic E-state index is -0.889. The van der Waals surface area contributed by atoms with Gasteiger partial charge in [0.1, 0.15) is 22.3 Å². The normalized spacial score (nSPS) is 14.2. The van der Waals surface area contributed by atoms with Gasteiger partial charge in [0, 0.05) is 61.8 Å². The number of allylic oxidation sites excluding steroid dienone is 4. The number of pyridine rings is 1. The van der Waals surface area contributed by atoms with Crippen molar-refractivity contribution in [2.24, 2.45) is 0 Å². The summed E-state index contributed by atoms with van der Waals surface area (Å²) in [5.41, 5.74) is 23.7. The molecule has 85 heavy (non-hydrogen) atoms. The van der Waals surface area contributed by atoms with Crippen LogP contribution in [-0.2, 0) is 27.1 Å². The molecule has 5 nitrogen and oxygen atoms in total. The largest absolute Gasteiger partial charge is 0.455 e. The van der Waals surface area contributed by atoms with Crippen LogP contribution in [0.4, 0.5) is 34.1 Å². The van der Waals surface area contributed by atoms with E-state index in [4.69, 9.17) is 13.8 Å². The minimum absolute atomic E-state index is 0.0386. The molecule has 1 spiro atoms. The molecule has 0 saturated heterocycles. The Hall–Kier alpha value is -8.93. The highest BCUT2D eigenvalue weighted by Crippen LogP contribution is 2.68. The van der Waals surface area contributed by atoms with Crippen LogP contribution in [0.1, 0.15) is 141 Å². The SMILES string of the molecule is C/C=C\C1=C(C)C2(c3ccc4cccnc4c31)c1cc(N(c3ccc(C(C)(C)C)cc3)c3ccc(C(C)(C)C)cc3)c3c(oc4ccccc43)c1-c1c2cc(N(c2ccc(C(C)(C)C)cc2)c2ccc(C(C)(C)C)cc2)c2c1oc1ccccc12. The zero-order chi connectivity index (χ0) is 59.3. The predicted molar refractivity (Wildman–Crippen MR) is 360 cm³/mol. The quantitative estimate of drug-likeness (QED) is 0.159. The summed E-state index contributed by atoms with van der Waals surface area (Å²) >= 11 is 0. The highest BCUT2D eigenvalue weighted by molar-refractivity contribution is 6.25. The standard InChI is InChI=1S/C80H75N3O2/c1-15-21-58-48(2)80(61-44-27-49-22-20-45-81-73(49)68(58)61)62-46-64(82(54-36-28-50(29-37-54)76(3,4)5)55-38-30-51(31-39-55)77(6,7)8)69-59-23-16-18-25-66(59)84-74(69)71(62)72-63(80)47-65(70-60-24-17-19-26-67(60)85-75(70)72)83(56-40-32-52(33-41-56)78(9,10)11)57-42-34-53(35-43-57)79(12,13)14/h15-47H,1-14H3/b21-15-. The Morgan fingerprint density at radius 3 is 1.19 bits per heavy atom. The number of hydrogen-bond donors (Lipinski definition) is 0. The molecule has 0 amide bonds. The van der Waals surface area contributed by atoms with Gasteiger partial charge < -0.3 is 18.6 Å². The molecule has 5 heteroatoms. The molecular weight excluding hydrogens is 1030 g/mol. The number of nitrogens with zero attached hydrogens (tertiary/aromatic N) is 3. The van der Waals surface area contributed by atoms with E-state index >= 15 is 0 Å². The molecule has 0 aliphatic heterocycles. The smallest absolute Gasteiger partial charge is 0.145 e. The summed E-state index contributed by atoms with van der Waals surface area (Å²) in [7, 11) is 0. The maximum Gasteiger partial charge on any atom is 0.145 e. The lowest BCUT2D eigenvalue weighted by Gasteiger charge is -2.34. The molecule has 0 saturated carbocycles. The third-order valence-electron chi connectivity index (χ3n) is 18.5. The second kappa shape index (κ2) is 19.0. The summed E-state index contributed by atoms with van der Waals surface area (Å²) < 4.78 is 15.2. The van der Waals surface area contributed by atoms with Gasteiger partial charge in [-0.3, -0.25) is 4.98 Å². The number of fused-ring (bicyclic) bond motifs is 17. The Balaban J connectivity index is 1.18. The van der Waals surface area contributed by atoms with Crippen LogP contribution >= 0.6 is 0 Å². The highest BCUT2D eigenvalue weighted by atomic mass is 16.3. The van der Waals surface area contributed by atoms with Gasteiger partial charge in [-0.25, -0.2) is 0 Å². The molecule has 422 valence electrons. The van der Waals surface area contributed by atoms with Crippen LogP contribution in [0.5, 0.6) is 0 Å². The van der Waals surface area contributed by atoms with E-state index in [2.05, 4.69) is 295 Å². The lowest BCUT2D eigenvalue weighted by Crippen LogP contribution is -2.27. The van der Waals surface area contributed by atoms with Gasteiger partial charge in [-0.05, 0) is 164 Å². The second-order valence-electron chi connectivity index (χ2n) is 28.0. The Labute approximate surface area is 501 Å². The molecule has 3 heterocycles. The van der Waals surface area contributed by atoms with E-state index in [1.807, 2.05) is 12.3 Å². The van der Waals surface area contributed by atoms with Crippen molar-refractivity contribution in [3.05, 3.63) is 250 Å². The number of furan rings is 2. The average molecular weight is 1110 g/mol. The van der Waals surface area contributed by atoms with Gasteiger partial charge in [-0.1, -0.05) is 198 Å². The van der Waals surface area contributed by atoms with Gasteiger partial charge in [-0.2, -0.15) is 0 Å². The molecular formula is C80H75N3O2. The van der Waals surface area contributed by atoms with E-state index in [0.717, 1.165) is 122 Å². The van der Waals surface area contributed by atoms with Gasteiger partial charge >= 0.3 is 0 Å². The maximum absolute atomic E-state index is 7.61. The topological polar surface area (TPSA) is 45.7 Å². The zero-order valence-electron chi connectivity index (χ0n) is 51.7. The van der Waals surface area contributed by atoms with Crippen molar-refractivity contribution in [3.63, 3.8) is 0 Å². The molecule has 2 aliphatic rings. The molecule has 3 aromatic heterocycles. The predicted octanol–water partition coefficient (Wildman–Crippen LogP) is 22.8. The fourth-order valence-electron chi connectivity index (χ4n) is 14.0. The van der Waals surface area contributed by atoms with Gasteiger partial charge in [0.25, 0.3) is 0 Å².